The van der Waals surface area contributed by atoms with Crippen LogP contribution in [0.25, 0.3) is 0 Å². The van der Waals surface area contributed by atoms with Crippen LogP contribution in [0.4, 0.5) is 11.4 Å². The van der Waals surface area contributed by atoms with Crippen molar-refractivity contribution in [1.29, 1.82) is 0 Å². The number of benzene rings is 3. The number of nitrogens with zero attached hydrogens (tertiary/aromatic N) is 2. The van der Waals surface area contributed by atoms with E-state index in [1.807, 2.05) is 54.3 Å². The normalized spacial score (nSPS) is 13.3. The van der Waals surface area contributed by atoms with Crippen LogP contribution in [0.2, 0.25) is 5.02 Å². The van der Waals surface area contributed by atoms with Crippen LogP contribution < -0.4 is 20.3 Å². The van der Waals surface area contributed by atoms with Gasteiger partial charge >= 0.3 is 0 Å². The van der Waals surface area contributed by atoms with Gasteiger partial charge in [0.2, 0.25) is 0 Å². The van der Waals surface area contributed by atoms with Crippen LogP contribution in [0.5, 0.6) is 5.75 Å². The fourth-order valence-electron chi connectivity index (χ4n) is 4.30. The first-order chi connectivity index (χ1) is 18.7. The van der Waals surface area contributed by atoms with E-state index < -0.39 is 0 Å². The second kappa shape index (κ2) is 13.0. The molecule has 9 heteroatoms. The van der Waals surface area contributed by atoms with Gasteiger partial charge in [-0.1, -0.05) is 49.7 Å². The van der Waals surface area contributed by atoms with Crippen LogP contribution in [-0.4, -0.2) is 54.6 Å². The fraction of sp³-hybridized carbons (Fsp3) is 0.300. The van der Waals surface area contributed by atoms with Crippen molar-refractivity contribution < 1.29 is 14.3 Å². The first-order valence-electron chi connectivity index (χ1n) is 13.0. The number of ether oxygens (including phenoxy) is 1. The van der Waals surface area contributed by atoms with Crippen LogP contribution in [0.1, 0.15) is 40.1 Å². The third kappa shape index (κ3) is 7.49. The number of carbonyl (C=O) groups is 2. The van der Waals surface area contributed by atoms with Gasteiger partial charge < -0.3 is 19.9 Å². The van der Waals surface area contributed by atoms with Gasteiger partial charge in [0.1, 0.15) is 5.75 Å². The van der Waals surface area contributed by atoms with E-state index in [0.717, 1.165) is 16.8 Å². The summed E-state index contributed by atoms with van der Waals surface area (Å²) < 4.78 is 5.71. The molecule has 3 aromatic rings. The molecule has 39 heavy (non-hydrogen) atoms. The number of thiocarbonyl (C=S) groups is 1. The number of hydrogen-bond donors (Lipinski definition) is 2. The number of hydrogen-bond acceptors (Lipinski definition) is 5. The molecule has 0 saturated carbocycles. The average molecular weight is 565 g/mol. The maximum Gasteiger partial charge on any atom is 0.257 e. The van der Waals surface area contributed by atoms with Crippen molar-refractivity contribution in [2.45, 2.75) is 20.8 Å². The van der Waals surface area contributed by atoms with E-state index in [2.05, 4.69) is 29.4 Å². The molecule has 1 aliphatic heterocycles. The number of carbonyl (C=O) groups excluding carboxylic acids is 2. The average Bonchev–Trinajstić information content (AvgIpc) is 2.92. The van der Waals surface area contributed by atoms with Gasteiger partial charge in [-0.15, -0.1) is 0 Å². The Morgan fingerprint density at radius 1 is 1.00 bits per heavy atom. The molecule has 7 nitrogen and oxygen atoms in total. The number of piperazine rings is 1. The molecule has 1 heterocycles. The lowest BCUT2D eigenvalue weighted by Gasteiger charge is -2.36. The molecule has 2 N–H and O–H groups in total. The van der Waals surface area contributed by atoms with Crippen LogP contribution in [-0.2, 0) is 0 Å². The Labute approximate surface area is 240 Å². The van der Waals surface area contributed by atoms with Gasteiger partial charge in [0, 0.05) is 43.0 Å². The number of halogens is 1. The molecule has 1 saturated heterocycles. The SMILES string of the molecule is Cc1ccccc1C(=O)N1CCN(c2ccc(NC(=S)NC(=O)c3cccc(OCC(C)C)c3)cc2Cl)CC1. The zero-order valence-corrected chi connectivity index (χ0v) is 23.9. The minimum Gasteiger partial charge on any atom is -0.493 e. The number of aryl methyl sites for hydroxylation is 1. The molecule has 0 aliphatic carbocycles. The lowest BCUT2D eigenvalue weighted by atomic mass is 10.1. The van der Waals surface area contributed by atoms with E-state index in [0.29, 0.717) is 60.7 Å². The molecule has 3 aromatic carbocycles. The van der Waals surface area contributed by atoms with E-state index in [1.54, 1.807) is 24.3 Å². The van der Waals surface area contributed by atoms with Gasteiger partial charge in [0.15, 0.2) is 5.11 Å². The lowest BCUT2D eigenvalue weighted by Crippen LogP contribution is -2.49. The number of amides is 2. The zero-order chi connectivity index (χ0) is 27.9. The standard InChI is InChI=1S/C30H33ClN4O3S/c1-20(2)19-38-24-9-6-8-22(17-24)28(36)33-30(39)32-23-11-12-27(26(31)18-23)34-13-15-35(16-14-34)29(37)25-10-5-4-7-21(25)3/h4-12,17-18,20H,13-16,19H2,1-3H3,(H2,32,33,36,39). The van der Waals surface area contributed by atoms with E-state index in [1.165, 1.54) is 0 Å². The quantitative estimate of drug-likeness (QED) is 0.355. The molecule has 4 rings (SSSR count). The molecule has 0 spiro atoms. The summed E-state index contributed by atoms with van der Waals surface area (Å²) in [5.41, 5.74) is 3.73. The molecule has 204 valence electrons. The minimum absolute atomic E-state index is 0.0590. The second-order valence-corrected chi connectivity index (χ2v) is 10.7. The maximum absolute atomic E-state index is 12.9. The summed E-state index contributed by atoms with van der Waals surface area (Å²) in [5.74, 6) is 0.750. The van der Waals surface area contributed by atoms with Crippen LogP contribution in [0.15, 0.2) is 66.7 Å². The number of nitrogens with one attached hydrogen (secondary N) is 2. The zero-order valence-electron chi connectivity index (χ0n) is 22.4. The van der Waals surface area contributed by atoms with Crippen molar-refractivity contribution in [2.24, 2.45) is 5.92 Å². The van der Waals surface area contributed by atoms with Crippen molar-refractivity contribution in [1.82, 2.24) is 10.2 Å². The summed E-state index contributed by atoms with van der Waals surface area (Å²) in [6.45, 7) is 9.24. The van der Waals surface area contributed by atoms with Crippen LogP contribution in [0, 0.1) is 12.8 Å². The Kier molecular flexibility index (Phi) is 9.43. The lowest BCUT2D eigenvalue weighted by molar-refractivity contribution is 0.0746. The van der Waals surface area contributed by atoms with E-state index in [4.69, 9.17) is 28.6 Å². The van der Waals surface area contributed by atoms with Crippen LogP contribution in [0.3, 0.4) is 0 Å². The highest BCUT2D eigenvalue weighted by Gasteiger charge is 2.24. The second-order valence-electron chi connectivity index (χ2n) is 9.90. The van der Waals surface area contributed by atoms with E-state index >= 15 is 0 Å². The highest BCUT2D eigenvalue weighted by Crippen LogP contribution is 2.30. The van der Waals surface area contributed by atoms with Crippen molar-refractivity contribution in [3.8, 4) is 5.75 Å². The van der Waals surface area contributed by atoms with Gasteiger partial charge in [-0.2, -0.15) is 0 Å². The molecule has 1 aliphatic rings. The highest BCUT2D eigenvalue weighted by molar-refractivity contribution is 7.80. The number of rotatable bonds is 7. The minimum atomic E-state index is -0.330. The largest absolute Gasteiger partial charge is 0.493 e. The first-order valence-corrected chi connectivity index (χ1v) is 13.7. The van der Waals surface area contributed by atoms with Crippen molar-refractivity contribution in [3.05, 3.63) is 88.4 Å². The summed E-state index contributed by atoms with van der Waals surface area (Å²) >= 11 is 12.0. The van der Waals surface area contributed by atoms with Crippen LogP contribution >= 0.6 is 23.8 Å². The Morgan fingerprint density at radius 2 is 1.74 bits per heavy atom. The van der Waals surface area contributed by atoms with Gasteiger partial charge in [0.25, 0.3) is 11.8 Å². The summed E-state index contributed by atoms with van der Waals surface area (Å²) in [6.07, 6.45) is 0. The molecule has 0 bridgehead atoms. The Balaban J connectivity index is 1.31. The highest BCUT2D eigenvalue weighted by atomic mass is 35.5. The third-order valence-electron chi connectivity index (χ3n) is 6.40. The molecule has 0 atom stereocenters. The van der Waals surface area contributed by atoms with Crippen molar-refractivity contribution in [3.63, 3.8) is 0 Å². The first kappa shape index (κ1) is 28.4. The molecule has 0 aromatic heterocycles. The molecule has 0 radical (unpaired) electrons. The predicted octanol–water partition coefficient (Wildman–Crippen LogP) is 5.77. The summed E-state index contributed by atoms with van der Waals surface area (Å²) in [6, 6.07) is 20.2. The topological polar surface area (TPSA) is 73.9 Å². The molecule has 1 fully saturated rings. The van der Waals surface area contributed by atoms with Gasteiger partial charge in [0.05, 0.1) is 17.3 Å². The monoisotopic (exact) mass is 564 g/mol. The van der Waals surface area contributed by atoms with Gasteiger partial charge in [-0.05, 0) is 73.1 Å². The third-order valence-corrected chi connectivity index (χ3v) is 6.90. The Hall–Kier alpha value is -3.62. The Morgan fingerprint density at radius 3 is 2.44 bits per heavy atom. The molecule has 0 unspecified atom stereocenters. The Bertz CT molecular complexity index is 1360. The van der Waals surface area contributed by atoms with Gasteiger partial charge in [-0.25, -0.2) is 0 Å². The van der Waals surface area contributed by atoms with Gasteiger partial charge in [-0.3, -0.25) is 14.9 Å². The van der Waals surface area contributed by atoms with Crippen molar-refractivity contribution in [2.75, 3.05) is 43.0 Å². The van der Waals surface area contributed by atoms with E-state index in [9.17, 15) is 9.59 Å². The molecular formula is C30H33ClN4O3S. The molecule has 2 amide bonds. The molecular weight excluding hydrogens is 532 g/mol. The predicted molar refractivity (Wildman–Crippen MR) is 161 cm³/mol. The van der Waals surface area contributed by atoms with E-state index in [-0.39, 0.29) is 16.9 Å². The fourth-order valence-corrected chi connectivity index (χ4v) is 4.81. The summed E-state index contributed by atoms with van der Waals surface area (Å²) in [7, 11) is 0. The summed E-state index contributed by atoms with van der Waals surface area (Å²) in [5, 5.41) is 6.45. The summed E-state index contributed by atoms with van der Waals surface area (Å²) in [4.78, 5) is 29.7. The smallest absolute Gasteiger partial charge is 0.257 e. The van der Waals surface area contributed by atoms with Crippen molar-refractivity contribution >= 4 is 52.1 Å². The maximum atomic E-state index is 12.9. The number of anilines is 2.